The van der Waals surface area contributed by atoms with Crippen molar-refractivity contribution in [1.29, 1.82) is 0 Å². The van der Waals surface area contributed by atoms with Gasteiger partial charge in [-0.15, -0.1) is 0 Å². The Labute approximate surface area is 133 Å². The quantitative estimate of drug-likeness (QED) is 0.805. The number of nitrogens with zero attached hydrogens (tertiary/aromatic N) is 1. The third-order valence-electron chi connectivity index (χ3n) is 3.03. The molecule has 1 unspecified atom stereocenters. The molecule has 1 amide bonds. The van der Waals surface area contributed by atoms with Gasteiger partial charge in [-0.3, -0.25) is 0 Å². The highest BCUT2D eigenvalue weighted by atomic mass is 16.6. The minimum absolute atomic E-state index is 0.128. The van der Waals surface area contributed by atoms with E-state index in [4.69, 9.17) is 15.2 Å². The van der Waals surface area contributed by atoms with E-state index < -0.39 is 5.60 Å². The molecule has 1 heterocycles. The van der Waals surface area contributed by atoms with Crippen LogP contribution in [0.15, 0.2) is 24.3 Å². The molecule has 124 valence electrons. The summed E-state index contributed by atoms with van der Waals surface area (Å²) < 4.78 is 11.1. The monoisotopic (exact) mass is 308 g/mol. The summed E-state index contributed by atoms with van der Waals surface area (Å²) in [5, 5.41) is 0. The molecular formula is C17H28N2O3. The molecule has 5 heteroatoms. The van der Waals surface area contributed by atoms with Gasteiger partial charge in [0, 0.05) is 12.2 Å². The number of benzene rings is 1. The summed E-state index contributed by atoms with van der Waals surface area (Å²) in [6.45, 7) is 11.2. The summed E-state index contributed by atoms with van der Waals surface area (Å²) in [5.41, 5.74) is 6.93. The Morgan fingerprint density at radius 1 is 1.27 bits per heavy atom. The first kappa shape index (κ1) is 18.3. The standard InChI is InChI=1S/C15H22N2O3.C2H6/c1-15(2,3)20-14(18)17-8-9-19-13(10-17)11-4-6-12(16)7-5-11;1-2/h4-7,13H,8-10,16H2,1-3H3;1-2H3. The average molecular weight is 308 g/mol. The van der Waals surface area contributed by atoms with E-state index in [2.05, 4.69) is 0 Å². The van der Waals surface area contributed by atoms with Gasteiger partial charge >= 0.3 is 6.09 Å². The number of rotatable bonds is 1. The van der Waals surface area contributed by atoms with Gasteiger partial charge in [-0.25, -0.2) is 4.79 Å². The molecule has 1 saturated heterocycles. The Balaban J connectivity index is 0.00000116. The van der Waals surface area contributed by atoms with Crippen LogP contribution in [0.4, 0.5) is 10.5 Å². The fraction of sp³-hybridized carbons (Fsp3) is 0.588. The molecule has 2 rings (SSSR count). The minimum atomic E-state index is -0.480. The SMILES string of the molecule is CC.CC(C)(C)OC(=O)N1CCOC(c2ccc(N)cc2)C1. The molecule has 2 N–H and O–H groups in total. The summed E-state index contributed by atoms with van der Waals surface area (Å²) in [4.78, 5) is 13.8. The van der Waals surface area contributed by atoms with E-state index in [-0.39, 0.29) is 12.2 Å². The van der Waals surface area contributed by atoms with E-state index in [0.717, 1.165) is 5.56 Å². The molecule has 0 saturated carbocycles. The van der Waals surface area contributed by atoms with Crippen LogP contribution in [0.1, 0.15) is 46.3 Å². The molecule has 0 radical (unpaired) electrons. The van der Waals surface area contributed by atoms with Crippen LogP contribution in [-0.4, -0.2) is 36.3 Å². The Kier molecular flexibility index (Phi) is 6.68. The molecule has 0 spiro atoms. The van der Waals surface area contributed by atoms with Crippen LogP contribution in [0.3, 0.4) is 0 Å². The molecule has 22 heavy (non-hydrogen) atoms. The van der Waals surface area contributed by atoms with E-state index in [0.29, 0.717) is 25.4 Å². The van der Waals surface area contributed by atoms with Gasteiger partial charge in [0.15, 0.2) is 0 Å². The molecule has 5 nitrogen and oxygen atoms in total. The molecule has 1 aromatic carbocycles. The summed E-state index contributed by atoms with van der Waals surface area (Å²) in [6, 6.07) is 7.54. The van der Waals surface area contributed by atoms with Gasteiger partial charge in [-0.05, 0) is 38.5 Å². The third kappa shape index (κ3) is 5.56. The average Bonchev–Trinajstić information content (AvgIpc) is 2.48. The van der Waals surface area contributed by atoms with Crippen LogP contribution in [-0.2, 0) is 9.47 Å². The van der Waals surface area contributed by atoms with Crippen LogP contribution in [0.5, 0.6) is 0 Å². The maximum absolute atomic E-state index is 12.1. The number of hydrogen-bond donors (Lipinski definition) is 1. The van der Waals surface area contributed by atoms with Gasteiger partial charge in [-0.1, -0.05) is 26.0 Å². The lowest BCUT2D eigenvalue weighted by molar-refractivity contribution is -0.0432. The molecule has 1 fully saturated rings. The van der Waals surface area contributed by atoms with E-state index in [1.54, 1.807) is 4.90 Å². The number of nitrogen functional groups attached to an aromatic ring is 1. The lowest BCUT2D eigenvalue weighted by Gasteiger charge is -2.34. The number of amides is 1. The summed E-state index contributed by atoms with van der Waals surface area (Å²) in [6.07, 6.45) is -0.418. The normalized spacial score (nSPS) is 18.2. The highest BCUT2D eigenvalue weighted by Gasteiger charge is 2.28. The summed E-state index contributed by atoms with van der Waals surface area (Å²) >= 11 is 0. The first-order chi connectivity index (χ1) is 10.3. The highest BCUT2D eigenvalue weighted by molar-refractivity contribution is 5.68. The largest absolute Gasteiger partial charge is 0.444 e. The topological polar surface area (TPSA) is 64.8 Å². The van der Waals surface area contributed by atoms with Crippen molar-refractivity contribution in [1.82, 2.24) is 4.90 Å². The molecule has 0 aromatic heterocycles. The lowest BCUT2D eigenvalue weighted by Crippen LogP contribution is -2.44. The van der Waals surface area contributed by atoms with Gasteiger partial charge in [0.1, 0.15) is 11.7 Å². The Morgan fingerprint density at radius 3 is 2.41 bits per heavy atom. The smallest absolute Gasteiger partial charge is 0.410 e. The number of morpholine rings is 1. The van der Waals surface area contributed by atoms with Crippen molar-refractivity contribution in [3.05, 3.63) is 29.8 Å². The maximum atomic E-state index is 12.1. The second-order valence-corrected chi connectivity index (χ2v) is 5.95. The highest BCUT2D eigenvalue weighted by Crippen LogP contribution is 2.24. The number of carbonyl (C=O) groups is 1. The van der Waals surface area contributed by atoms with Gasteiger partial charge in [0.05, 0.1) is 13.2 Å². The predicted octanol–water partition coefficient (Wildman–Crippen LogP) is 3.60. The van der Waals surface area contributed by atoms with Crippen molar-refractivity contribution in [2.75, 3.05) is 25.4 Å². The Bertz CT molecular complexity index is 466. The zero-order chi connectivity index (χ0) is 16.8. The van der Waals surface area contributed by atoms with E-state index in [9.17, 15) is 4.79 Å². The molecule has 0 bridgehead atoms. The van der Waals surface area contributed by atoms with Crippen molar-refractivity contribution >= 4 is 11.8 Å². The number of ether oxygens (including phenoxy) is 2. The van der Waals surface area contributed by atoms with Gasteiger partial charge in [-0.2, -0.15) is 0 Å². The zero-order valence-electron chi connectivity index (χ0n) is 14.3. The molecule has 1 atom stereocenters. The fourth-order valence-corrected chi connectivity index (χ4v) is 2.05. The number of carbonyl (C=O) groups excluding carboxylic acids is 1. The van der Waals surface area contributed by atoms with E-state index >= 15 is 0 Å². The lowest BCUT2D eigenvalue weighted by atomic mass is 10.1. The fourth-order valence-electron chi connectivity index (χ4n) is 2.05. The predicted molar refractivity (Wildman–Crippen MR) is 88.7 cm³/mol. The number of hydrogen-bond acceptors (Lipinski definition) is 4. The molecule has 1 aliphatic rings. The maximum Gasteiger partial charge on any atom is 0.410 e. The first-order valence-corrected chi connectivity index (χ1v) is 7.80. The number of nitrogens with two attached hydrogens (primary N) is 1. The third-order valence-corrected chi connectivity index (χ3v) is 3.03. The number of anilines is 1. The van der Waals surface area contributed by atoms with Crippen LogP contribution in [0.2, 0.25) is 0 Å². The Morgan fingerprint density at radius 2 is 1.86 bits per heavy atom. The van der Waals surface area contributed by atoms with E-state index in [1.165, 1.54) is 0 Å². The van der Waals surface area contributed by atoms with Crippen LogP contribution in [0, 0.1) is 0 Å². The molecule has 1 aliphatic heterocycles. The summed E-state index contributed by atoms with van der Waals surface area (Å²) in [5.74, 6) is 0. The second kappa shape index (κ2) is 8.03. The van der Waals surface area contributed by atoms with Gasteiger partial charge in [0.2, 0.25) is 0 Å². The van der Waals surface area contributed by atoms with Crippen molar-refractivity contribution in [3.63, 3.8) is 0 Å². The molecule has 1 aromatic rings. The van der Waals surface area contributed by atoms with Crippen molar-refractivity contribution in [2.45, 2.75) is 46.3 Å². The van der Waals surface area contributed by atoms with Gasteiger partial charge in [0.25, 0.3) is 0 Å². The van der Waals surface area contributed by atoms with Crippen LogP contribution >= 0.6 is 0 Å². The van der Waals surface area contributed by atoms with Crippen LogP contribution in [0.25, 0.3) is 0 Å². The Hall–Kier alpha value is -1.75. The zero-order valence-corrected chi connectivity index (χ0v) is 14.3. The molecule has 0 aliphatic carbocycles. The van der Waals surface area contributed by atoms with Crippen molar-refractivity contribution in [3.8, 4) is 0 Å². The minimum Gasteiger partial charge on any atom is -0.444 e. The van der Waals surface area contributed by atoms with Gasteiger partial charge < -0.3 is 20.1 Å². The summed E-state index contributed by atoms with van der Waals surface area (Å²) in [7, 11) is 0. The second-order valence-electron chi connectivity index (χ2n) is 5.95. The molecular weight excluding hydrogens is 280 g/mol. The van der Waals surface area contributed by atoms with Crippen molar-refractivity contribution in [2.24, 2.45) is 0 Å². The van der Waals surface area contributed by atoms with Crippen LogP contribution < -0.4 is 5.73 Å². The van der Waals surface area contributed by atoms with Crippen molar-refractivity contribution < 1.29 is 14.3 Å². The van der Waals surface area contributed by atoms with E-state index in [1.807, 2.05) is 58.9 Å². The first-order valence-electron chi connectivity index (χ1n) is 7.80.